The van der Waals surface area contributed by atoms with Crippen LogP contribution in [0.15, 0.2) is 167 Å². The van der Waals surface area contributed by atoms with Crippen molar-refractivity contribution in [2.45, 2.75) is 27.7 Å². The highest BCUT2D eigenvalue weighted by Gasteiger charge is 2.19. The molecule has 10 aromatic rings. The van der Waals surface area contributed by atoms with Crippen LogP contribution in [0.1, 0.15) is 22.3 Å². The van der Waals surface area contributed by atoms with Gasteiger partial charge in [0.1, 0.15) is 11.0 Å². The van der Waals surface area contributed by atoms with E-state index in [0.29, 0.717) is 11.8 Å². The number of hydrogen-bond donors (Lipinski definition) is 0. The minimum atomic E-state index is 0.621. The van der Waals surface area contributed by atoms with E-state index in [1.165, 1.54) is 22.3 Å². The Morgan fingerprint density at radius 1 is 0.362 bits per heavy atom. The molecule has 6 aromatic carbocycles. The summed E-state index contributed by atoms with van der Waals surface area (Å²) in [5.41, 5.74) is 20.4. The number of nitrogens with zero attached hydrogens (tertiary/aromatic N) is 4. The average Bonchev–Trinajstić information content (AvgIpc) is 3.91. The molecule has 10 rings (SSSR count). The topological polar surface area (TPSA) is 77.8 Å². The second-order valence-corrected chi connectivity index (χ2v) is 14.9. The summed E-state index contributed by atoms with van der Waals surface area (Å²) in [6.07, 6.45) is 1.82. The minimum Gasteiger partial charge on any atom is -0.436 e. The molecule has 0 bridgehead atoms. The van der Waals surface area contributed by atoms with Crippen LogP contribution < -0.4 is 0 Å². The zero-order valence-corrected chi connectivity index (χ0v) is 32.6. The molecule has 0 amide bonds. The van der Waals surface area contributed by atoms with Gasteiger partial charge >= 0.3 is 0 Å². The molecule has 0 radical (unpaired) electrons. The van der Waals surface area contributed by atoms with Gasteiger partial charge < -0.3 is 8.83 Å². The molecular weight excluding hydrogens is 713 g/mol. The molecule has 4 heterocycles. The third-order valence-corrected chi connectivity index (χ3v) is 11.0. The first-order valence-electron chi connectivity index (χ1n) is 19.4. The predicted molar refractivity (Wildman–Crippen MR) is 234 cm³/mol. The van der Waals surface area contributed by atoms with E-state index in [4.69, 9.17) is 23.8 Å². The maximum absolute atomic E-state index is 6.04. The quantitative estimate of drug-likeness (QED) is 0.161. The maximum atomic E-state index is 6.04. The molecule has 0 saturated heterocycles. The lowest BCUT2D eigenvalue weighted by Crippen LogP contribution is -1.99. The van der Waals surface area contributed by atoms with Gasteiger partial charge in [-0.2, -0.15) is 0 Å². The first-order valence-corrected chi connectivity index (χ1v) is 19.4. The van der Waals surface area contributed by atoms with Crippen LogP contribution in [0, 0.1) is 27.7 Å². The summed E-state index contributed by atoms with van der Waals surface area (Å²) >= 11 is 0. The molecule has 0 aliphatic rings. The molecule has 0 saturated carbocycles. The number of rotatable bonds is 7. The van der Waals surface area contributed by atoms with Crippen LogP contribution in [0.3, 0.4) is 0 Å². The second kappa shape index (κ2) is 14.3. The van der Waals surface area contributed by atoms with Crippen LogP contribution in [0.5, 0.6) is 0 Å². The van der Waals surface area contributed by atoms with Gasteiger partial charge in [-0.1, -0.05) is 72.8 Å². The minimum absolute atomic E-state index is 0.621. The molecule has 278 valence electrons. The van der Waals surface area contributed by atoms with Gasteiger partial charge in [0.25, 0.3) is 0 Å². The third-order valence-electron chi connectivity index (χ3n) is 11.0. The molecule has 0 unspecified atom stereocenters. The Morgan fingerprint density at radius 3 is 1.36 bits per heavy atom. The smallest absolute Gasteiger partial charge is 0.227 e. The summed E-state index contributed by atoms with van der Waals surface area (Å²) < 4.78 is 12.1. The van der Waals surface area contributed by atoms with E-state index in [9.17, 15) is 0 Å². The first-order chi connectivity index (χ1) is 28.4. The summed E-state index contributed by atoms with van der Waals surface area (Å²) in [6, 6.07) is 52.0. The predicted octanol–water partition coefficient (Wildman–Crippen LogP) is 13.7. The van der Waals surface area contributed by atoms with Crippen molar-refractivity contribution in [2.75, 3.05) is 0 Å². The molecule has 6 nitrogen and oxygen atoms in total. The number of pyridine rings is 2. The normalized spacial score (nSPS) is 11.4. The Bertz CT molecular complexity index is 3080. The molecule has 6 heteroatoms. The Labute approximate surface area is 336 Å². The zero-order valence-electron chi connectivity index (χ0n) is 32.6. The van der Waals surface area contributed by atoms with Crippen LogP contribution in [-0.2, 0) is 0 Å². The van der Waals surface area contributed by atoms with E-state index in [0.717, 1.165) is 89.4 Å². The fraction of sp³-hybridized carbons (Fsp3) is 0.0769. The van der Waals surface area contributed by atoms with Gasteiger partial charge in [0.05, 0.1) is 17.1 Å². The molecule has 0 aliphatic carbocycles. The second-order valence-electron chi connectivity index (χ2n) is 14.9. The van der Waals surface area contributed by atoms with Crippen molar-refractivity contribution in [3.8, 4) is 78.9 Å². The molecule has 0 fully saturated rings. The number of aryl methyl sites for hydroxylation is 4. The number of hydrogen-bond acceptors (Lipinski definition) is 6. The first kappa shape index (κ1) is 35.0. The van der Waals surface area contributed by atoms with Crippen LogP contribution in [0.4, 0.5) is 0 Å². The average molecular weight is 751 g/mol. The molecule has 0 aliphatic heterocycles. The zero-order chi connectivity index (χ0) is 39.3. The van der Waals surface area contributed by atoms with Gasteiger partial charge in [-0.3, -0.25) is 4.98 Å². The van der Waals surface area contributed by atoms with Gasteiger partial charge in [-0.05, 0) is 157 Å². The summed E-state index contributed by atoms with van der Waals surface area (Å²) in [5, 5.41) is 0. The van der Waals surface area contributed by atoms with E-state index in [1.54, 1.807) is 0 Å². The Balaban J connectivity index is 1.01. The number of oxazole rings is 2. The Hall–Kier alpha value is -7.44. The van der Waals surface area contributed by atoms with Crippen molar-refractivity contribution >= 4 is 22.2 Å². The number of fused-ring (bicyclic) bond motifs is 2. The van der Waals surface area contributed by atoms with Gasteiger partial charge in [0, 0.05) is 28.5 Å². The molecule has 4 aromatic heterocycles. The Kier molecular flexibility index (Phi) is 8.60. The van der Waals surface area contributed by atoms with Gasteiger partial charge in [-0.25, -0.2) is 15.0 Å². The van der Waals surface area contributed by atoms with E-state index in [-0.39, 0.29) is 0 Å². The highest BCUT2D eigenvalue weighted by molar-refractivity contribution is 5.89. The van der Waals surface area contributed by atoms with E-state index in [2.05, 4.69) is 118 Å². The largest absolute Gasteiger partial charge is 0.436 e. The monoisotopic (exact) mass is 750 g/mol. The molecule has 0 atom stereocenters. The summed E-state index contributed by atoms with van der Waals surface area (Å²) in [7, 11) is 0. The summed E-state index contributed by atoms with van der Waals surface area (Å²) in [6.45, 7) is 8.72. The van der Waals surface area contributed by atoms with Crippen molar-refractivity contribution in [1.82, 2.24) is 19.9 Å². The fourth-order valence-electron chi connectivity index (χ4n) is 7.91. The lowest BCUT2D eigenvalue weighted by molar-refractivity contribution is 0.619. The van der Waals surface area contributed by atoms with Crippen LogP contribution >= 0.6 is 0 Å². The van der Waals surface area contributed by atoms with Crippen molar-refractivity contribution in [2.24, 2.45) is 0 Å². The Morgan fingerprint density at radius 2 is 0.828 bits per heavy atom. The molecule has 58 heavy (non-hydrogen) atoms. The summed E-state index contributed by atoms with van der Waals surface area (Å²) in [4.78, 5) is 19.4. The number of para-hydroxylation sites is 4. The van der Waals surface area contributed by atoms with Crippen molar-refractivity contribution < 1.29 is 8.83 Å². The highest BCUT2D eigenvalue weighted by atomic mass is 16.4. The SMILES string of the molecule is Cc1cc(-c2ccc(-c3ccccn3)nc2-c2cc(C)c(-c3ccc(-c4nc5ccccc5o4)cc3)cc2C)c(C)cc1-c1ccc(-c2nc3ccccc3o2)cc1. The van der Waals surface area contributed by atoms with Crippen LogP contribution in [-0.4, -0.2) is 19.9 Å². The van der Waals surface area contributed by atoms with Crippen LogP contribution in [0.25, 0.3) is 101 Å². The fourth-order valence-corrected chi connectivity index (χ4v) is 7.91. The molecule has 0 N–H and O–H groups in total. The van der Waals surface area contributed by atoms with Gasteiger partial charge in [-0.15, -0.1) is 0 Å². The van der Waals surface area contributed by atoms with Gasteiger partial charge in [0.2, 0.25) is 11.8 Å². The molecular formula is C52H38N4O2. The van der Waals surface area contributed by atoms with E-state index >= 15 is 0 Å². The molecule has 0 spiro atoms. The van der Waals surface area contributed by atoms with Crippen molar-refractivity contribution in [1.29, 1.82) is 0 Å². The lowest BCUT2D eigenvalue weighted by Gasteiger charge is -2.19. The summed E-state index contributed by atoms with van der Waals surface area (Å²) in [5.74, 6) is 1.24. The van der Waals surface area contributed by atoms with Crippen LogP contribution in [0.2, 0.25) is 0 Å². The third kappa shape index (κ3) is 6.35. The highest BCUT2D eigenvalue weighted by Crippen LogP contribution is 2.41. The van der Waals surface area contributed by atoms with Gasteiger partial charge in [0.15, 0.2) is 11.2 Å². The maximum Gasteiger partial charge on any atom is 0.227 e. The lowest BCUT2D eigenvalue weighted by atomic mass is 9.87. The van der Waals surface area contributed by atoms with Crippen molar-refractivity contribution in [3.63, 3.8) is 0 Å². The van der Waals surface area contributed by atoms with Crippen molar-refractivity contribution in [3.05, 3.63) is 180 Å². The standard InChI is InChI=1S/C52H38N4O2/c1-31-29-42(33(3)27-40(31)35-16-20-37(21-17-35)51-55-46-12-5-7-14-48(46)57-51)39-24-25-45(44-11-9-10-26-53-44)54-50(39)43-30-32(2)41(28-34(43)4)36-18-22-38(23-19-36)52-56-47-13-6-8-15-49(47)58-52/h5-30H,1-4H3. The van der Waals surface area contributed by atoms with E-state index < -0.39 is 0 Å². The number of aromatic nitrogens is 4. The number of benzene rings is 6. The van der Waals surface area contributed by atoms with E-state index in [1.807, 2.05) is 72.9 Å².